The summed E-state index contributed by atoms with van der Waals surface area (Å²) in [7, 11) is 0. The van der Waals surface area contributed by atoms with E-state index in [9.17, 15) is 4.79 Å². The number of piperidine rings is 1. The Hall–Kier alpha value is -0.570. The standard InChI is InChI=1S/C13H24N2O/c1-2-10-5-3-6-11(9-10)15-8-4-7-12(14)13(15)16/h10-12H,2-9,14H2,1H3. The number of nitrogens with two attached hydrogens (primary N) is 1. The van der Waals surface area contributed by atoms with Crippen molar-refractivity contribution >= 4 is 5.91 Å². The van der Waals surface area contributed by atoms with E-state index >= 15 is 0 Å². The zero-order chi connectivity index (χ0) is 11.5. The van der Waals surface area contributed by atoms with Gasteiger partial charge in [0.2, 0.25) is 5.91 Å². The van der Waals surface area contributed by atoms with E-state index in [0.717, 1.165) is 25.3 Å². The molecule has 1 heterocycles. The molecular weight excluding hydrogens is 200 g/mol. The van der Waals surface area contributed by atoms with Crippen LogP contribution in [0, 0.1) is 5.92 Å². The second-order valence-corrected chi connectivity index (χ2v) is 5.38. The Kier molecular flexibility index (Phi) is 3.85. The maximum atomic E-state index is 12.0. The van der Waals surface area contributed by atoms with Crippen LogP contribution in [-0.2, 0) is 4.79 Å². The van der Waals surface area contributed by atoms with Gasteiger partial charge in [-0.3, -0.25) is 4.79 Å². The van der Waals surface area contributed by atoms with E-state index < -0.39 is 0 Å². The second-order valence-electron chi connectivity index (χ2n) is 5.38. The molecule has 16 heavy (non-hydrogen) atoms. The molecule has 3 unspecified atom stereocenters. The molecule has 0 aromatic heterocycles. The highest BCUT2D eigenvalue weighted by Gasteiger charge is 2.33. The molecule has 3 heteroatoms. The van der Waals surface area contributed by atoms with Crippen molar-refractivity contribution in [1.82, 2.24) is 4.90 Å². The van der Waals surface area contributed by atoms with Crippen molar-refractivity contribution in [1.29, 1.82) is 0 Å². The zero-order valence-corrected chi connectivity index (χ0v) is 10.3. The number of carbonyl (C=O) groups is 1. The highest BCUT2D eigenvalue weighted by molar-refractivity contribution is 5.82. The number of nitrogens with zero attached hydrogens (tertiary/aromatic N) is 1. The maximum absolute atomic E-state index is 12.0. The molecule has 1 aliphatic heterocycles. The van der Waals surface area contributed by atoms with E-state index in [0.29, 0.717) is 6.04 Å². The van der Waals surface area contributed by atoms with Gasteiger partial charge in [0.1, 0.15) is 0 Å². The Bertz CT molecular complexity index is 254. The number of rotatable bonds is 2. The van der Waals surface area contributed by atoms with E-state index in [1.54, 1.807) is 0 Å². The minimum absolute atomic E-state index is 0.202. The second kappa shape index (κ2) is 5.17. The third-order valence-corrected chi connectivity index (χ3v) is 4.29. The first kappa shape index (κ1) is 11.9. The van der Waals surface area contributed by atoms with E-state index in [1.807, 2.05) is 0 Å². The predicted molar refractivity (Wildman–Crippen MR) is 65.0 cm³/mol. The van der Waals surface area contributed by atoms with Gasteiger partial charge >= 0.3 is 0 Å². The fourth-order valence-electron chi connectivity index (χ4n) is 3.21. The molecule has 2 N–H and O–H groups in total. The maximum Gasteiger partial charge on any atom is 0.239 e. The van der Waals surface area contributed by atoms with Crippen LogP contribution in [0.15, 0.2) is 0 Å². The largest absolute Gasteiger partial charge is 0.338 e. The summed E-state index contributed by atoms with van der Waals surface area (Å²) in [5, 5.41) is 0. The first-order chi connectivity index (χ1) is 7.72. The van der Waals surface area contributed by atoms with Crippen LogP contribution in [0.5, 0.6) is 0 Å². The van der Waals surface area contributed by atoms with Gasteiger partial charge in [0.05, 0.1) is 6.04 Å². The van der Waals surface area contributed by atoms with Crippen molar-refractivity contribution in [3.63, 3.8) is 0 Å². The number of hydrogen-bond acceptors (Lipinski definition) is 2. The number of hydrogen-bond donors (Lipinski definition) is 1. The molecule has 1 aliphatic carbocycles. The van der Waals surface area contributed by atoms with E-state index in [-0.39, 0.29) is 11.9 Å². The molecule has 0 spiro atoms. The van der Waals surface area contributed by atoms with Gasteiger partial charge in [0, 0.05) is 12.6 Å². The van der Waals surface area contributed by atoms with Crippen molar-refractivity contribution in [3.8, 4) is 0 Å². The molecule has 92 valence electrons. The van der Waals surface area contributed by atoms with Crippen molar-refractivity contribution in [2.24, 2.45) is 11.7 Å². The average Bonchev–Trinajstić information content (AvgIpc) is 2.33. The fraction of sp³-hybridized carbons (Fsp3) is 0.923. The lowest BCUT2D eigenvalue weighted by molar-refractivity contribution is -0.138. The van der Waals surface area contributed by atoms with Gasteiger partial charge < -0.3 is 10.6 Å². The van der Waals surface area contributed by atoms with E-state index in [4.69, 9.17) is 5.73 Å². The monoisotopic (exact) mass is 224 g/mol. The van der Waals surface area contributed by atoms with Crippen LogP contribution in [0.2, 0.25) is 0 Å². The molecule has 3 atom stereocenters. The lowest BCUT2D eigenvalue weighted by Gasteiger charge is -2.41. The summed E-state index contributed by atoms with van der Waals surface area (Å²) in [5.74, 6) is 1.03. The summed E-state index contributed by atoms with van der Waals surface area (Å²) in [6.45, 7) is 3.20. The third-order valence-electron chi connectivity index (χ3n) is 4.29. The van der Waals surface area contributed by atoms with Gasteiger partial charge in [-0.2, -0.15) is 0 Å². The molecule has 1 saturated carbocycles. The van der Waals surface area contributed by atoms with Crippen LogP contribution in [0.25, 0.3) is 0 Å². The fourth-order valence-corrected chi connectivity index (χ4v) is 3.21. The quantitative estimate of drug-likeness (QED) is 0.778. The molecular formula is C13H24N2O. The van der Waals surface area contributed by atoms with Gasteiger partial charge in [0.25, 0.3) is 0 Å². The Morgan fingerprint density at radius 1 is 1.31 bits per heavy atom. The van der Waals surface area contributed by atoms with Crippen LogP contribution < -0.4 is 5.73 Å². The molecule has 0 bridgehead atoms. The summed E-state index contributed by atoms with van der Waals surface area (Å²) < 4.78 is 0. The Balaban J connectivity index is 1.97. The van der Waals surface area contributed by atoms with Crippen molar-refractivity contribution in [2.45, 2.75) is 64.0 Å². The summed E-state index contributed by atoms with van der Waals surface area (Å²) in [4.78, 5) is 14.1. The summed E-state index contributed by atoms with van der Waals surface area (Å²) >= 11 is 0. The Morgan fingerprint density at radius 2 is 2.12 bits per heavy atom. The van der Waals surface area contributed by atoms with Crippen LogP contribution in [0.3, 0.4) is 0 Å². The minimum atomic E-state index is -0.226. The highest BCUT2D eigenvalue weighted by atomic mass is 16.2. The van der Waals surface area contributed by atoms with Crippen LogP contribution >= 0.6 is 0 Å². The predicted octanol–water partition coefficient (Wildman–Crippen LogP) is 1.90. The van der Waals surface area contributed by atoms with Crippen molar-refractivity contribution in [3.05, 3.63) is 0 Å². The average molecular weight is 224 g/mol. The number of carbonyl (C=O) groups excluding carboxylic acids is 1. The van der Waals surface area contributed by atoms with Crippen LogP contribution in [-0.4, -0.2) is 29.4 Å². The SMILES string of the molecule is CCC1CCCC(N2CCCC(N)C2=O)C1. The first-order valence-electron chi connectivity index (χ1n) is 6.78. The molecule has 1 saturated heterocycles. The van der Waals surface area contributed by atoms with Gasteiger partial charge in [-0.15, -0.1) is 0 Å². The van der Waals surface area contributed by atoms with Crippen LogP contribution in [0.4, 0.5) is 0 Å². The molecule has 3 nitrogen and oxygen atoms in total. The molecule has 0 aromatic carbocycles. The van der Waals surface area contributed by atoms with Gasteiger partial charge in [-0.25, -0.2) is 0 Å². The van der Waals surface area contributed by atoms with Crippen molar-refractivity contribution in [2.75, 3.05) is 6.54 Å². The number of likely N-dealkylation sites (tertiary alicyclic amines) is 1. The summed E-state index contributed by atoms with van der Waals surface area (Å²) in [5.41, 5.74) is 5.85. The van der Waals surface area contributed by atoms with Gasteiger partial charge in [-0.05, 0) is 31.6 Å². The lowest BCUT2D eigenvalue weighted by atomic mass is 9.82. The normalized spacial score (nSPS) is 36.5. The lowest BCUT2D eigenvalue weighted by Crippen LogP contribution is -2.53. The van der Waals surface area contributed by atoms with E-state index in [1.165, 1.54) is 32.1 Å². The third kappa shape index (κ3) is 2.40. The molecule has 1 amide bonds. The molecule has 2 fully saturated rings. The van der Waals surface area contributed by atoms with E-state index in [2.05, 4.69) is 11.8 Å². The molecule has 0 aromatic rings. The Morgan fingerprint density at radius 3 is 2.88 bits per heavy atom. The molecule has 0 radical (unpaired) electrons. The summed E-state index contributed by atoms with van der Waals surface area (Å²) in [6.07, 6.45) is 8.23. The minimum Gasteiger partial charge on any atom is -0.338 e. The highest BCUT2D eigenvalue weighted by Crippen LogP contribution is 2.31. The number of amides is 1. The van der Waals surface area contributed by atoms with Crippen LogP contribution in [0.1, 0.15) is 51.9 Å². The van der Waals surface area contributed by atoms with Gasteiger partial charge in [0.15, 0.2) is 0 Å². The van der Waals surface area contributed by atoms with Crippen molar-refractivity contribution < 1.29 is 4.79 Å². The first-order valence-corrected chi connectivity index (χ1v) is 6.78. The topological polar surface area (TPSA) is 46.3 Å². The molecule has 2 aliphatic rings. The smallest absolute Gasteiger partial charge is 0.239 e. The zero-order valence-electron chi connectivity index (χ0n) is 10.3. The summed E-state index contributed by atoms with van der Waals surface area (Å²) in [6, 6.07) is 0.258. The Labute approximate surface area is 98.4 Å². The van der Waals surface area contributed by atoms with Gasteiger partial charge in [-0.1, -0.05) is 26.2 Å². The molecule has 2 rings (SSSR count).